The molecule has 5 heteroatoms. The molecular formula is C11H15ClN2OS. The number of halogens is 1. The molecule has 1 aromatic rings. The first-order valence-electron chi connectivity index (χ1n) is 4.96. The van der Waals surface area contributed by atoms with Gasteiger partial charge in [-0.1, -0.05) is 30.7 Å². The lowest BCUT2D eigenvalue weighted by molar-refractivity contribution is -0.123. The fourth-order valence-electron chi connectivity index (χ4n) is 1.15. The summed E-state index contributed by atoms with van der Waals surface area (Å²) < 4.78 is 0. The molecule has 1 rings (SSSR count). The largest absolute Gasteiger partial charge is 0.294 e. The Hall–Kier alpha value is -0.710. The predicted molar refractivity (Wildman–Crippen MR) is 69.1 cm³/mol. The number of hydrogen-bond acceptors (Lipinski definition) is 3. The topological polar surface area (TPSA) is 55.1 Å². The Kier molecular flexibility index (Phi) is 5.66. The van der Waals surface area contributed by atoms with Crippen LogP contribution in [0.3, 0.4) is 0 Å². The Morgan fingerprint density at radius 3 is 2.69 bits per heavy atom. The van der Waals surface area contributed by atoms with Gasteiger partial charge in [-0.15, -0.1) is 0 Å². The van der Waals surface area contributed by atoms with Crippen molar-refractivity contribution in [2.45, 2.75) is 12.7 Å². The number of thioether (sulfide) groups is 1. The lowest BCUT2D eigenvalue weighted by Gasteiger charge is -2.08. The van der Waals surface area contributed by atoms with E-state index >= 15 is 0 Å². The van der Waals surface area contributed by atoms with E-state index in [4.69, 9.17) is 17.4 Å². The molecule has 1 atom stereocenters. The second-order valence-electron chi connectivity index (χ2n) is 3.55. The summed E-state index contributed by atoms with van der Waals surface area (Å²) in [6.45, 7) is 1.86. The summed E-state index contributed by atoms with van der Waals surface area (Å²) in [7, 11) is 0. The summed E-state index contributed by atoms with van der Waals surface area (Å²) in [5.74, 6) is 6.49. The number of hydrogen-bond donors (Lipinski definition) is 2. The summed E-state index contributed by atoms with van der Waals surface area (Å²) >= 11 is 7.49. The molecule has 88 valence electrons. The van der Waals surface area contributed by atoms with Crippen molar-refractivity contribution in [2.24, 2.45) is 11.8 Å². The highest BCUT2D eigenvalue weighted by molar-refractivity contribution is 7.98. The Labute approximate surface area is 105 Å². The first-order valence-corrected chi connectivity index (χ1v) is 6.49. The zero-order chi connectivity index (χ0) is 12.0. The third kappa shape index (κ3) is 4.43. The van der Waals surface area contributed by atoms with E-state index in [9.17, 15) is 4.79 Å². The van der Waals surface area contributed by atoms with Crippen LogP contribution in [0.25, 0.3) is 0 Å². The fraction of sp³-hybridized carbons (Fsp3) is 0.364. The molecule has 0 fully saturated rings. The number of amides is 1. The minimum absolute atomic E-state index is 0.0673. The minimum atomic E-state index is -0.122. The number of benzene rings is 1. The van der Waals surface area contributed by atoms with Crippen LogP contribution in [0.4, 0.5) is 0 Å². The molecule has 1 unspecified atom stereocenters. The van der Waals surface area contributed by atoms with Gasteiger partial charge in [0.15, 0.2) is 0 Å². The third-order valence-corrected chi connectivity index (χ3v) is 3.66. The van der Waals surface area contributed by atoms with E-state index in [0.717, 1.165) is 16.5 Å². The molecule has 0 heterocycles. The Bertz CT molecular complexity index is 342. The van der Waals surface area contributed by atoms with Gasteiger partial charge in [0.05, 0.1) is 0 Å². The average Bonchev–Trinajstić information content (AvgIpc) is 2.30. The van der Waals surface area contributed by atoms with Gasteiger partial charge in [0, 0.05) is 22.4 Å². The van der Waals surface area contributed by atoms with Crippen LogP contribution in [0, 0.1) is 5.92 Å². The molecule has 1 amide bonds. The van der Waals surface area contributed by atoms with Gasteiger partial charge in [-0.25, -0.2) is 5.84 Å². The van der Waals surface area contributed by atoms with Crippen molar-refractivity contribution in [3.05, 3.63) is 34.9 Å². The lowest BCUT2D eigenvalue weighted by Crippen LogP contribution is -2.35. The predicted octanol–water partition coefficient (Wildman–Crippen LogP) is 2.20. The smallest absolute Gasteiger partial charge is 0.237 e. The molecule has 0 bridgehead atoms. The molecule has 0 aliphatic carbocycles. The fourth-order valence-corrected chi connectivity index (χ4v) is 2.33. The zero-order valence-electron chi connectivity index (χ0n) is 9.07. The van der Waals surface area contributed by atoms with Crippen LogP contribution in [0.2, 0.25) is 5.02 Å². The van der Waals surface area contributed by atoms with Gasteiger partial charge in [-0.2, -0.15) is 11.8 Å². The Balaban J connectivity index is 2.30. The van der Waals surface area contributed by atoms with Gasteiger partial charge in [0.1, 0.15) is 0 Å². The van der Waals surface area contributed by atoms with Crippen molar-refractivity contribution in [2.75, 3.05) is 5.75 Å². The van der Waals surface area contributed by atoms with Crippen LogP contribution in [0.15, 0.2) is 24.3 Å². The molecule has 0 aliphatic rings. The molecule has 0 saturated heterocycles. The molecule has 3 nitrogen and oxygen atoms in total. The van der Waals surface area contributed by atoms with Crippen molar-refractivity contribution in [1.82, 2.24) is 5.43 Å². The summed E-state index contributed by atoms with van der Waals surface area (Å²) in [4.78, 5) is 11.1. The highest BCUT2D eigenvalue weighted by atomic mass is 35.5. The van der Waals surface area contributed by atoms with Crippen LogP contribution in [-0.2, 0) is 10.5 Å². The number of rotatable bonds is 5. The van der Waals surface area contributed by atoms with Crippen LogP contribution in [0.1, 0.15) is 12.5 Å². The molecule has 3 N–H and O–H groups in total. The second-order valence-corrected chi connectivity index (χ2v) is 5.02. The van der Waals surface area contributed by atoms with E-state index in [0.29, 0.717) is 0 Å². The second kappa shape index (κ2) is 6.78. The summed E-state index contributed by atoms with van der Waals surface area (Å²) in [6, 6.07) is 7.72. The monoisotopic (exact) mass is 258 g/mol. The Morgan fingerprint density at radius 1 is 1.50 bits per heavy atom. The molecule has 0 saturated carbocycles. The number of nitrogens with one attached hydrogen (secondary N) is 1. The molecule has 0 radical (unpaired) electrons. The summed E-state index contributed by atoms with van der Waals surface area (Å²) in [5.41, 5.74) is 3.35. The molecular weight excluding hydrogens is 244 g/mol. The molecule has 0 spiro atoms. The maximum absolute atomic E-state index is 11.1. The van der Waals surface area contributed by atoms with Crippen molar-refractivity contribution in [1.29, 1.82) is 0 Å². The third-order valence-electron chi connectivity index (χ3n) is 2.14. The number of hydrazine groups is 1. The average molecular weight is 259 g/mol. The first kappa shape index (κ1) is 13.4. The normalized spacial score (nSPS) is 12.2. The summed E-state index contributed by atoms with van der Waals surface area (Å²) in [6.07, 6.45) is 0. The van der Waals surface area contributed by atoms with Crippen molar-refractivity contribution < 1.29 is 4.79 Å². The number of nitrogens with two attached hydrogens (primary N) is 1. The molecule has 0 aliphatic heterocycles. The standard InChI is InChI=1S/C11H15ClN2OS/c1-8(11(15)14-13)6-16-7-9-2-4-10(12)5-3-9/h2-5,8H,6-7,13H2,1H3,(H,14,15). The van der Waals surface area contributed by atoms with Crippen LogP contribution in [0.5, 0.6) is 0 Å². The van der Waals surface area contributed by atoms with E-state index < -0.39 is 0 Å². The van der Waals surface area contributed by atoms with Gasteiger partial charge < -0.3 is 0 Å². The quantitative estimate of drug-likeness (QED) is 0.484. The van der Waals surface area contributed by atoms with Crippen LogP contribution >= 0.6 is 23.4 Å². The van der Waals surface area contributed by atoms with Gasteiger partial charge in [-0.3, -0.25) is 10.2 Å². The number of carbonyl (C=O) groups is 1. The van der Waals surface area contributed by atoms with Gasteiger partial charge >= 0.3 is 0 Å². The van der Waals surface area contributed by atoms with Crippen LogP contribution < -0.4 is 11.3 Å². The van der Waals surface area contributed by atoms with Gasteiger partial charge in [0.25, 0.3) is 0 Å². The lowest BCUT2D eigenvalue weighted by atomic mass is 10.2. The van der Waals surface area contributed by atoms with Gasteiger partial charge in [-0.05, 0) is 17.7 Å². The van der Waals surface area contributed by atoms with Crippen molar-refractivity contribution in [3.63, 3.8) is 0 Å². The van der Waals surface area contributed by atoms with E-state index in [2.05, 4.69) is 5.43 Å². The minimum Gasteiger partial charge on any atom is -0.294 e. The maximum Gasteiger partial charge on any atom is 0.237 e. The van der Waals surface area contributed by atoms with Gasteiger partial charge in [0.2, 0.25) is 5.91 Å². The van der Waals surface area contributed by atoms with E-state index in [1.54, 1.807) is 11.8 Å². The van der Waals surface area contributed by atoms with Crippen molar-refractivity contribution in [3.8, 4) is 0 Å². The summed E-state index contributed by atoms with van der Waals surface area (Å²) in [5, 5.41) is 0.740. The van der Waals surface area contributed by atoms with E-state index in [1.165, 1.54) is 5.56 Å². The van der Waals surface area contributed by atoms with Crippen molar-refractivity contribution >= 4 is 29.3 Å². The zero-order valence-corrected chi connectivity index (χ0v) is 10.6. The van der Waals surface area contributed by atoms with E-state index in [1.807, 2.05) is 31.2 Å². The number of carbonyl (C=O) groups excluding carboxylic acids is 1. The first-order chi connectivity index (χ1) is 7.63. The molecule has 0 aromatic heterocycles. The molecule has 1 aromatic carbocycles. The Morgan fingerprint density at radius 2 is 2.12 bits per heavy atom. The molecule has 16 heavy (non-hydrogen) atoms. The highest BCUT2D eigenvalue weighted by Gasteiger charge is 2.10. The highest BCUT2D eigenvalue weighted by Crippen LogP contribution is 2.17. The van der Waals surface area contributed by atoms with E-state index in [-0.39, 0.29) is 11.8 Å². The SMILES string of the molecule is CC(CSCc1ccc(Cl)cc1)C(=O)NN. The maximum atomic E-state index is 11.1. The van der Waals surface area contributed by atoms with Crippen LogP contribution in [-0.4, -0.2) is 11.7 Å².